The Bertz CT molecular complexity index is 131. The van der Waals surface area contributed by atoms with E-state index in [0.717, 1.165) is 6.42 Å². The summed E-state index contributed by atoms with van der Waals surface area (Å²) in [6, 6.07) is 0. The Balaban J connectivity index is 4.20. The van der Waals surface area contributed by atoms with Crippen molar-refractivity contribution >= 4 is 9.28 Å². The predicted octanol–water partition coefficient (Wildman–Crippen LogP) is 0.348. The van der Waals surface area contributed by atoms with Gasteiger partial charge in [-0.15, -0.1) is 0 Å². The zero-order valence-corrected chi connectivity index (χ0v) is 11.1. The Labute approximate surface area is 89.0 Å². The Morgan fingerprint density at radius 2 is 1.71 bits per heavy atom. The third-order valence-corrected chi connectivity index (χ3v) is 4.05. The zero-order chi connectivity index (χ0) is 11.1. The van der Waals surface area contributed by atoms with Crippen LogP contribution in [0.1, 0.15) is 27.2 Å². The molecular formula is C9H24N2O2Si. The second kappa shape index (κ2) is 7.36. The molecule has 0 radical (unpaired) electrons. The first kappa shape index (κ1) is 14.1. The third kappa shape index (κ3) is 5.72. The zero-order valence-electron chi connectivity index (χ0n) is 9.91. The molecule has 86 valence electrons. The lowest BCUT2D eigenvalue weighted by Crippen LogP contribution is -2.52. The normalized spacial score (nSPS) is 16.3. The fourth-order valence-electron chi connectivity index (χ4n) is 1.53. The molecule has 5 heteroatoms. The number of nitrogens with two attached hydrogens (primary N) is 1. The van der Waals surface area contributed by atoms with Gasteiger partial charge in [0, 0.05) is 19.9 Å². The van der Waals surface area contributed by atoms with Crippen LogP contribution >= 0.6 is 0 Å². The van der Waals surface area contributed by atoms with Crippen molar-refractivity contribution in [3.63, 3.8) is 0 Å². The van der Waals surface area contributed by atoms with Gasteiger partial charge in [-0.25, -0.2) is 0 Å². The fourth-order valence-corrected chi connectivity index (χ4v) is 3.60. The largest absolute Gasteiger partial charge is 0.399 e. The van der Waals surface area contributed by atoms with E-state index in [1.165, 1.54) is 0 Å². The Hall–Kier alpha value is 0.0569. The average Bonchev–Trinajstić information content (AvgIpc) is 2.03. The molecule has 0 aromatic heterocycles. The first-order valence-electron chi connectivity index (χ1n) is 5.08. The van der Waals surface area contributed by atoms with Crippen molar-refractivity contribution in [2.45, 2.75) is 39.0 Å². The quantitative estimate of drug-likeness (QED) is 0.480. The average molecular weight is 220 g/mol. The third-order valence-electron chi connectivity index (χ3n) is 2.00. The van der Waals surface area contributed by atoms with Crippen LogP contribution < -0.4 is 11.1 Å². The maximum atomic E-state index is 5.72. The van der Waals surface area contributed by atoms with Gasteiger partial charge in [0.1, 0.15) is 0 Å². The molecule has 0 aromatic carbocycles. The van der Waals surface area contributed by atoms with Crippen molar-refractivity contribution in [3.05, 3.63) is 0 Å². The van der Waals surface area contributed by atoms with Gasteiger partial charge >= 0.3 is 9.28 Å². The monoisotopic (exact) mass is 220 g/mol. The number of hydrogen-bond acceptors (Lipinski definition) is 4. The van der Waals surface area contributed by atoms with Crippen LogP contribution in [-0.2, 0) is 8.85 Å². The molecule has 0 saturated carbocycles. The van der Waals surface area contributed by atoms with Crippen LogP contribution in [0.2, 0.25) is 0 Å². The predicted molar refractivity (Wildman–Crippen MR) is 61.2 cm³/mol. The SMILES string of the molecule is CO[SiH](OC)C(CC(C)C)NC(C)N. The van der Waals surface area contributed by atoms with Crippen molar-refractivity contribution in [2.24, 2.45) is 11.7 Å². The van der Waals surface area contributed by atoms with Gasteiger partial charge in [-0.1, -0.05) is 13.8 Å². The van der Waals surface area contributed by atoms with Gasteiger partial charge in [-0.3, -0.25) is 5.32 Å². The number of hydrogen-bond donors (Lipinski definition) is 2. The van der Waals surface area contributed by atoms with Crippen molar-refractivity contribution < 1.29 is 8.85 Å². The summed E-state index contributed by atoms with van der Waals surface area (Å²) in [6.07, 6.45) is 1.03. The molecule has 4 nitrogen and oxygen atoms in total. The minimum Gasteiger partial charge on any atom is -0.399 e. The maximum absolute atomic E-state index is 5.72. The Morgan fingerprint density at radius 3 is 2.00 bits per heavy atom. The van der Waals surface area contributed by atoms with E-state index in [-0.39, 0.29) is 11.8 Å². The summed E-state index contributed by atoms with van der Waals surface area (Å²) in [5, 5.41) is 3.30. The molecule has 0 aromatic rings. The Morgan fingerprint density at radius 1 is 1.21 bits per heavy atom. The Kier molecular flexibility index (Phi) is 7.39. The highest BCUT2D eigenvalue weighted by atomic mass is 28.3. The molecule has 0 aliphatic carbocycles. The molecule has 0 saturated heterocycles. The van der Waals surface area contributed by atoms with E-state index in [1.807, 2.05) is 6.92 Å². The molecule has 0 aliphatic rings. The minimum atomic E-state index is -1.61. The highest BCUT2D eigenvalue weighted by molar-refractivity contribution is 6.46. The summed E-state index contributed by atoms with van der Waals surface area (Å²) in [6.45, 7) is 6.31. The second-order valence-corrected chi connectivity index (χ2v) is 6.52. The van der Waals surface area contributed by atoms with Gasteiger partial charge in [0.05, 0.1) is 6.17 Å². The van der Waals surface area contributed by atoms with Crippen LogP contribution in [0.5, 0.6) is 0 Å². The van der Waals surface area contributed by atoms with E-state index in [1.54, 1.807) is 14.2 Å². The molecule has 0 bridgehead atoms. The fraction of sp³-hybridized carbons (Fsp3) is 1.00. The van der Waals surface area contributed by atoms with E-state index in [0.29, 0.717) is 5.92 Å². The summed E-state index contributed by atoms with van der Waals surface area (Å²) in [5.74, 6) is 0.617. The van der Waals surface area contributed by atoms with Crippen LogP contribution in [0.4, 0.5) is 0 Å². The lowest BCUT2D eigenvalue weighted by Gasteiger charge is -2.27. The van der Waals surface area contributed by atoms with Crippen LogP contribution in [-0.4, -0.2) is 35.3 Å². The van der Waals surface area contributed by atoms with Crippen molar-refractivity contribution in [2.75, 3.05) is 14.2 Å². The molecule has 14 heavy (non-hydrogen) atoms. The lowest BCUT2D eigenvalue weighted by molar-refractivity contribution is 0.246. The smallest absolute Gasteiger partial charge is 0.338 e. The summed E-state index contributed by atoms with van der Waals surface area (Å²) < 4.78 is 10.7. The van der Waals surface area contributed by atoms with E-state index in [2.05, 4.69) is 19.2 Å². The molecule has 0 spiro atoms. The van der Waals surface area contributed by atoms with Crippen LogP contribution in [0.25, 0.3) is 0 Å². The summed E-state index contributed by atoms with van der Waals surface area (Å²) in [7, 11) is 1.80. The van der Waals surface area contributed by atoms with E-state index >= 15 is 0 Å². The van der Waals surface area contributed by atoms with Gasteiger partial charge in [-0.05, 0) is 19.3 Å². The van der Waals surface area contributed by atoms with Crippen LogP contribution in [0.15, 0.2) is 0 Å². The molecule has 0 aliphatic heterocycles. The van der Waals surface area contributed by atoms with Gasteiger partial charge in [-0.2, -0.15) is 0 Å². The molecule has 0 amide bonds. The topological polar surface area (TPSA) is 56.5 Å². The van der Waals surface area contributed by atoms with Crippen LogP contribution in [0.3, 0.4) is 0 Å². The maximum Gasteiger partial charge on any atom is 0.338 e. The molecule has 0 heterocycles. The van der Waals surface area contributed by atoms with E-state index in [4.69, 9.17) is 14.6 Å². The van der Waals surface area contributed by atoms with Crippen LogP contribution in [0, 0.1) is 5.92 Å². The van der Waals surface area contributed by atoms with Crippen molar-refractivity contribution in [1.29, 1.82) is 0 Å². The molecular weight excluding hydrogens is 196 g/mol. The molecule has 0 fully saturated rings. The van der Waals surface area contributed by atoms with E-state index in [9.17, 15) is 0 Å². The van der Waals surface area contributed by atoms with Gasteiger partial charge in [0.2, 0.25) is 0 Å². The van der Waals surface area contributed by atoms with Gasteiger partial charge in [0.15, 0.2) is 0 Å². The second-order valence-electron chi connectivity index (χ2n) is 4.03. The standard InChI is InChI=1S/C9H24N2O2Si/c1-7(2)6-9(11-8(3)10)14(12-4)13-5/h7-9,11,14H,6,10H2,1-5H3. The summed E-state index contributed by atoms with van der Waals surface area (Å²) in [4.78, 5) is 0. The number of rotatable bonds is 7. The summed E-state index contributed by atoms with van der Waals surface area (Å²) >= 11 is 0. The number of nitrogens with one attached hydrogen (secondary N) is 1. The highest BCUT2D eigenvalue weighted by Crippen LogP contribution is 2.08. The lowest BCUT2D eigenvalue weighted by atomic mass is 10.1. The minimum absolute atomic E-state index is 0.0148. The molecule has 2 unspecified atom stereocenters. The van der Waals surface area contributed by atoms with Gasteiger partial charge < -0.3 is 14.6 Å². The van der Waals surface area contributed by atoms with Gasteiger partial charge in [0.25, 0.3) is 0 Å². The van der Waals surface area contributed by atoms with Crippen molar-refractivity contribution in [3.8, 4) is 0 Å². The summed E-state index contributed by atoms with van der Waals surface area (Å²) in [5.41, 5.74) is 6.00. The molecule has 3 N–H and O–H groups in total. The molecule has 0 rings (SSSR count). The molecule has 2 atom stereocenters. The first-order chi connectivity index (χ1) is 6.51. The van der Waals surface area contributed by atoms with E-state index < -0.39 is 9.28 Å². The highest BCUT2D eigenvalue weighted by Gasteiger charge is 2.25. The van der Waals surface area contributed by atoms with Crippen molar-refractivity contribution in [1.82, 2.24) is 5.32 Å². The first-order valence-corrected chi connectivity index (χ1v) is 6.69.